The topological polar surface area (TPSA) is 117 Å². The Morgan fingerprint density at radius 2 is 1.98 bits per heavy atom. The molecule has 212 valence electrons. The first kappa shape index (κ1) is 28.4. The minimum absolute atomic E-state index is 0.00101. The quantitative estimate of drug-likeness (QED) is 0.390. The minimum atomic E-state index is -2.91. The van der Waals surface area contributed by atoms with Gasteiger partial charge >= 0.3 is 0 Å². The lowest BCUT2D eigenvalue weighted by Crippen LogP contribution is -3.20. The molecular weight excluding hydrogens is 561 g/mol. The van der Waals surface area contributed by atoms with Crippen LogP contribution in [0.15, 0.2) is 66.9 Å². The van der Waals surface area contributed by atoms with Crippen molar-refractivity contribution < 1.29 is 27.9 Å². The molecule has 5 rings (SSSR count). The zero-order valence-corrected chi connectivity index (χ0v) is 22.2. The van der Waals surface area contributed by atoms with Crippen molar-refractivity contribution in [1.29, 1.82) is 5.26 Å². The monoisotopic (exact) mass is 584 g/mol. The van der Waals surface area contributed by atoms with Crippen LogP contribution in [0, 0.1) is 22.4 Å². The van der Waals surface area contributed by atoms with Crippen LogP contribution in [0.5, 0.6) is 0 Å². The zero-order chi connectivity index (χ0) is 29.3. The van der Waals surface area contributed by atoms with Crippen LogP contribution in [0.1, 0.15) is 42.9 Å². The number of amides is 2. The molecule has 1 unspecified atom stereocenters. The van der Waals surface area contributed by atoms with E-state index in [2.05, 4.69) is 10.3 Å². The van der Waals surface area contributed by atoms with E-state index in [0.29, 0.717) is 0 Å². The third-order valence-corrected chi connectivity index (χ3v) is 7.43. The van der Waals surface area contributed by atoms with Crippen molar-refractivity contribution in [2.24, 2.45) is 0 Å². The molecule has 13 heteroatoms. The van der Waals surface area contributed by atoms with Crippen LogP contribution in [-0.2, 0) is 9.59 Å². The number of hydrogen-bond acceptors (Lipinski definition) is 6. The number of nitrogens with one attached hydrogen (secondary N) is 2. The first-order valence-corrected chi connectivity index (χ1v) is 13.2. The lowest BCUT2D eigenvalue weighted by Gasteiger charge is -2.45. The lowest BCUT2D eigenvalue weighted by molar-refractivity contribution is -0.885. The second kappa shape index (κ2) is 11.4. The Morgan fingerprint density at radius 1 is 1.22 bits per heavy atom. The van der Waals surface area contributed by atoms with Crippen LogP contribution in [0.25, 0.3) is 0 Å². The first-order chi connectivity index (χ1) is 19.6. The highest BCUT2D eigenvalue weighted by Gasteiger charge is 2.48. The third-order valence-electron chi connectivity index (χ3n) is 7.09. The van der Waals surface area contributed by atoms with Crippen molar-refractivity contribution in [3.8, 4) is 6.07 Å². The fraction of sp³-hybridized carbons (Fsp3) is 0.286. The average molecular weight is 585 g/mol. The van der Waals surface area contributed by atoms with Crippen LogP contribution in [0.3, 0.4) is 0 Å². The number of aromatic nitrogens is 1. The molecule has 9 nitrogen and oxygen atoms in total. The zero-order valence-electron chi connectivity index (χ0n) is 21.4. The number of hydrogen-bond donors (Lipinski definition) is 2. The number of alkyl halides is 2. The smallest absolute Gasteiger partial charge is 0.253 e. The predicted molar refractivity (Wildman–Crippen MR) is 143 cm³/mol. The highest BCUT2D eigenvalue weighted by atomic mass is 35.5. The van der Waals surface area contributed by atoms with Gasteiger partial charge in [-0.15, -0.1) is 0 Å². The number of pyridine rings is 1. The summed E-state index contributed by atoms with van der Waals surface area (Å²) in [5.74, 6) is -4.67. The highest BCUT2D eigenvalue weighted by Crippen LogP contribution is 2.38. The van der Waals surface area contributed by atoms with Gasteiger partial charge in [0.25, 0.3) is 11.8 Å². The largest absolute Gasteiger partial charge is 0.606 e. The lowest BCUT2D eigenvalue weighted by atomic mass is 9.88. The summed E-state index contributed by atoms with van der Waals surface area (Å²) in [5, 5.41) is 26.5. The Hall–Kier alpha value is -4.18. The van der Waals surface area contributed by atoms with E-state index in [4.69, 9.17) is 16.9 Å². The molecule has 1 aliphatic heterocycles. The number of nitriles is 1. The van der Waals surface area contributed by atoms with Gasteiger partial charge in [-0.05, 0) is 30.3 Å². The fourth-order valence-corrected chi connectivity index (χ4v) is 5.37. The van der Waals surface area contributed by atoms with Crippen molar-refractivity contribution in [2.75, 3.05) is 9.91 Å². The molecular formula is C28H24ClF3N6O3. The van der Waals surface area contributed by atoms with Crippen LogP contribution in [-0.4, -0.2) is 34.9 Å². The van der Waals surface area contributed by atoms with E-state index >= 15 is 0 Å². The highest BCUT2D eigenvalue weighted by molar-refractivity contribution is 6.31. The summed E-state index contributed by atoms with van der Waals surface area (Å²) in [7, 11) is 0. The van der Waals surface area contributed by atoms with Crippen LogP contribution >= 0.6 is 11.6 Å². The summed E-state index contributed by atoms with van der Waals surface area (Å²) in [6.45, 7) is 0. The number of nitrogens with zero attached hydrogens (tertiary/aromatic N) is 4. The number of carbonyl (C=O) groups is 2. The average Bonchev–Trinajstić information content (AvgIpc) is 3.32. The van der Waals surface area contributed by atoms with E-state index in [1.165, 1.54) is 53.6 Å². The Bertz CT molecular complexity index is 1490. The van der Waals surface area contributed by atoms with Gasteiger partial charge in [0.05, 0.1) is 11.3 Å². The number of rotatable bonds is 8. The molecule has 3 aromatic rings. The van der Waals surface area contributed by atoms with Crippen LogP contribution < -0.4 is 20.4 Å². The van der Waals surface area contributed by atoms with E-state index in [9.17, 15) is 28.0 Å². The number of carbonyl (C=O) groups excluding carboxylic acids is 2. The van der Waals surface area contributed by atoms with Gasteiger partial charge in [0.1, 0.15) is 17.7 Å². The number of benzene rings is 2. The number of halogens is 4. The van der Waals surface area contributed by atoms with Crippen molar-refractivity contribution in [2.45, 2.75) is 49.9 Å². The number of hydroxylamine groups is 1. The van der Waals surface area contributed by atoms with E-state index in [1.54, 1.807) is 12.1 Å². The summed E-state index contributed by atoms with van der Waals surface area (Å²) in [4.78, 5) is 32.1. The fourth-order valence-electron chi connectivity index (χ4n) is 5.13. The van der Waals surface area contributed by atoms with E-state index in [-0.39, 0.29) is 40.5 Å². The predicted octanol–water partition coefficient (Wildman–Crippen LogP) is 3.66. The Balaban J connectivity index is 1.59. The summed E-state index contributed by atoms with van der Waals surface area (Å²) < 4.78 is 41.7. The summed E-state index contributed by atoms with van der Waals surface area (Å²) in [5.41, 5.74) is 0.436. The van der Waals surface area contributed by atoms with E-state index in [1.807, 2.05) is 6.07 Å². The molecule has 41 heavy (non-hydrogen) atoms. The maximum Gasteiger partial charge on any atom is 0.253 e. The molecule has 1 aromatic heterocycles. The van der Waals surface area contributed by atoms with Gasteiger partial charge in [-0.3, -0.25) is 9.59 Å². The maximum atomic E-state index is 14.5. The van der Waals surface area contributed by atoms with Gasteiger partial charge in [0.15, 0.2) is 12.2 Å². The molecule has 3 atom stereocenters. The molecule has 2 amide bonds. The second-order valence-corrected chi connectivity index (χ2v) is 10.3. The minimum Gasteiger partial charge on any atom is -0.606 e. The number of quaternary nitrogens is 1. The molecule has 2 heterocycles. The van der Waals surface area contributed by atoms with Gasteiger partial charge in [-0.2, -0.15) is 5.26 Å². The second-order valence-electron chi connectivity index (χ2n) is 9.92. The SMILES string of the molecule is N#Cc1ccc(N2C(=O)CC[C@H]2[NH+]([O-])N(c2cccc(F)c2)[C@H](C(=O)NC2CC(F)(F)C2)c2ccccc2Cl)nc1. The standard InChI is InChI=1S/C28H24ClF3N6O3/c29-22-7-2-1-6-21(22)26(27(40)35-19-13-28(31,32)14-19)37(20-5-3-4-18(30)12-20)38(41)24-10-11-25(39)36(24)23-9-8-17(15-33)16-34-23/h1-9,12,16,19,24,26,38H,10-11,13-14H2,(H,35,40)/t24-,26+/m1/s1. The molecule has 0 bridgehead atoms. The summed E-state index contributed by atoms with van der Waals surface area (Å²) >= 11 is 6.48. The Kier molecular flexibility index (Phi) is 7.86. The van der Waals surface area contributed by atoms with Crippen molar-refractivity contribution in [3.05, 3.63) is 94.0 Å². The van der Waals surface area contributed by atoms with E-state index < -0.39 is 59.8 Å². The Morgan fingerprint density at radius 3 is 2.61 bits per heavy atom. The third kappa shape index (κ3) is 5.83. The van der Waals surface area contributed by atoms with Crippen LogP contribution in [0.4, 0.5) is 24.7 Å². The van der Waals surface area contributed by atoms with Gasteiger partial charge < -0.3 is 10.5 Å². The molecule has 0 radical (unpaired) electrons. The molecule has 1 saturated heterocycles. The summed E-state index contributed by atoms with van der Waals surface area (Å²) in [6.07, 6.45) is -0.932. The molecule has 2 N–H and O–H groups in total. The van der Waals surface area contributed by atoms with Crippen molar-refractivity contribution in [3.63, 3.8) is 0 Å². The van der Waals surface area contributed by atoms with Gasteiger partial charge in [-0.25, -0.2) is 33.2 Å². The van der Waals surface area contributed by atoms with Crippen molar-refractivity contribution in [1.82, 2.24) is 10.3 Å². The molecule has 2 aromatic carbocycles. The maximum absolute atomic E-state index is 14.5. The molecule has 2 fully saturated rings. The normalized spacial score (nSPS) is 19.7. The van der Waals surface area contributed by atoms with Crippen LogP contribution in [0.2, 0.25) is 5.02 Å². The summed E-state index contributed by atoms with van der Waals surface area (Å²) in [6, 6.07) is 13.8. The molecule has 1 aliphatic carbocycles. The van der Waals surface area contributed by atoms with E-state index in [0.717, 1.165) is 11.1 Å². The Labute approximate surface area is 238 Å². The molecule has 2 aliphatic rings. The van der Waals surface area contributed by atoms with Gasteiger partial charge in [-0.1, -0.05) is 35.9 Å². The van der Waals surface area contributed by atoms with Gasteiger partial charge in [0, 0.05) is 54.6 Å². The molecule has 1 saturated carbocycles. The number of anilines is 2. The van der Waals surface area contributed by atoms with Gasteiger partial charge in [0.2, 0.25) is 5.91 Å². The first-order valence-electron chi connectivity index (χ1n) is 12.8. The molecule has 0 spiro atoms. The van der Waals surface area contributed by atoms with Crippen molar-refractivity contribution >= 4 is 34.9 Å².